The van der Waals surface area contributed by atoms with E-state index >= 15 is 0 Å². The largest absolute Gasteiger partial charge is 0.507 e. The van der Waals surface area contributed by atoms with Crippen molar-refractivity contribution in [2.45, 2.75) is 6.54 Å². The van der Waals surface area contributed by atoms with E-state index in [1.807, 2.05) is 19.1 Å². The van der Waals surface area contributed by atoms with E-state index in [9.17, 15) is 5.11 Å². The van der Waals surface area contributed by atoms with Crippen LogP contribution in [0.15, 0.2) is 12.1 Å². The van der Waals surface area contributed by atoms with Crippen molar-refractivity contribution in [1.82, 2.24) is 10.4 Å². The maximum atomic E-state index is 9.69. The number of fused-ring (bicyclic) bond motifs is 1. The highest BCUT2D eigenvalue weighted by Crippen LogP contribution is 2.37. The highest BCUT2D eigenvalue weighted by Gasteiger charge is 2.16. The number of nitrogens with one attached hydrogen (secondary N) is 1. The van der Waals surface area contributed by atoms with Crippen LogP contribution in [0.2, 0.25) is 0 Å². The second kappa shape index (κ2) is 3.96. The molecule has 2 N–H and O–H groups in total. The fourth-order valence-electron chi connectivity index (χ4n) is 1.36. The monoisotopic (exact) mass is 210 g/mol. The third-order valence-electron chi connectivity index (χ3n) is 2.16. The summed E-state index contributed by atoms with van der Waals surface area (Å²) < 4.78 is 10.4. The Morgan fingerprint density at radius 2 is 2.00 bits per heavy atom. The summed E-state index contributed by atoms with van der Waals surface area (Å²) in [6.07, 6.45) is 0. The van der Waals surface area contributed by atoms with E-state index < -0.39 is 0 Å². The van der Waals surface area contributed by atoms with Crippen molar-refractivity contribution in [1.29, 1.82) is 0 Å². The topological polar surface area (TPSA) is 54.0 Å². The first-order valence-corrected chi connectivity index (χ1v) is 4.69. The number of aromatic hydroxyl groups is 1. The molecule has 0 radical (unpaired) electrons. The fourth-order valence-corrected chi connectivity index (χ4v) is 1.36. The number of rotatable bonds is 3. The van der Waals surface area contributed by atoms with E-state index in [0.717, 1.165) is 5.56 Å². The predicted octanol–water partition coefficient (Wildman–Crippen LogP) is 0.687. The molecule has 0 atom stereocenters. The Bertz CT molecular complexity index is 366. The SMILES string of the molecule is CN(C)NCc1cc2c(cc1O)OCO2. The summed E-state index contributed by atoms with van der Waals surface area (Å²) in [5.41, 5.74) is 3.86. The van der Waals surface area contributed by atoms with Crippen molar-refractivity contribution in [3.05, 3.63) is 17.7 Å². The van der Waals surface area contributed by atoms with Gasteiger partial charge in [-0.2, -0.15) is 0 Å². The molecular weight excluding hydrogens is 196 g/mol. The second-order valence-corrected chi connectivity index (χ2v) is 3.56. The normalized spacial score (nSPS) is 13.5. The zero-order valence-electron chi connectivity index (χ0n) is 8.78. The lowest BCUT2D eigenvalue weighted by molar-refractivity contribution is 0.174. The molecule has 0 unspecified atom stereocenters. The van der Waals surface area contributed by atoms with Gasteiger partial charge < -0.3 is 14.6 Å². The van der Waals surface area contributed by atoms with Gasteiger partial charge in [0.25, 0.3) is 0 Å². The first kappa shape index (κ1) is 10.1. The Balaban J connectivity index is 2.17. The molecule has 0 aliphatic carbocycles. The van der Waals surface area contributed by atoms with Gasteiger partial charge in [-0.15, -0.1) is 0 Å². The van der Waals surface area contributed by atoms with E-state index in [0.29, 0.717) is 18.0 Å². The van der Waals surface area contributed by atoms with Crippen LogP contribution in [0.4, 0.5) is 0 Å². The molecule has 0 bridgehead atoms. The zero-order chi connectivity index (χ0) is 10.8. The van der Waals surface area contributed by atoms with Gasteiger partial charge in [-0.05, 0) is 6.07 Å². The molecule has 82 valence electrons. The first-order chi connectivity index (χ1) is 7.16. The number of hydrogen-bond donors (Lipinski definition) is 2. The van der Waals surface area contributed by atoms with Crippen LogP contribution < -0.4 is 14.9 Å². The van der Waals surface area contributed by atoms with Gasteiger partial charge >= 0.3 is 0 Å². The van der Waals surface area contributed by atoms with Gasteiger partial charge in [0.05, 0.1) is 0 Å². The average Bonchev–Trinajstić information content (AvgIpc) is 2.60. The van der Waals surface area contributed by atoms with Gasteiger partial charge in [-0.1, -0.05) is 0 Å². The minimum atomic E-state index is 0.216. The van der Waals surface area contributed by atoms with Crippen LogP contribution in [-0.4, -0.2) is 31.0 Å². The molecule has 0 saturated carbocycles. The number of nitrogens with zero attached hydrogens (tertiary/aromatic N) is 1. The van der Waals surface area contributed by atoms with E-state index in [1.54, 1.807) is 12.1 Å². The van der Waals surface area contributed by atoms with E-state index in [1.165, 1.54) is 0 Å². The summed E-state index contributed by atoms with van der Waals surface area (Å²) in [6.45, 7) is 0.773. The third kappa shape index (κ3) is 2.14. The predicted molar refractivity (Wildman–Crippen MR) is 54.8 cm³/mol. The van der Waals surface area contributed by atoms with Crippen molar-refractivity contribution in [3.63, 3.8) is 0 Å². The Hall–Kier alpha value is -1.46. The summed E-state index contributed by atoms with van der Waals surface area (Å²) in [5, 5.41) is 11.5. The van der Waals surface area contributed by atoms with Gasteiger partial charge in [-0.25, -0.2) is 0 Å². The van der Waals surface area contributed by atoms with Crippen molar-refractivity contribution >= 4 is 0 Å². The molecule has 1 heterocycles. The average molecular weight is 210 g/mol. The van der Waals surface area contributed by atoms with Crippen LogP contribution in [-0.2, 0) is 6.54 Å². The van der Waals surface area contributed by atoms with Crippen LogP contribution in [0.25, 0.3) is 0 Å². The molecule has 0 spiro atoms. The summed E-state index contributed by atoms with van der Waals surface area (Å²) in [6, 6.07) is 3.36. The molecule has 0 saturated heterocycles. The summed E-state index contributed by atoms with van der Waals surface area (Å²) in [7, 11) is 3.79. The summed E-state index contributed by atoms with van der Waals surface area (Å²) in [4.78, 5) is 0. The lowest BCUT2D eigenvalue weighted by Gasteiger charge is -2.13. The number of ether oxygens (including phenoxy) is 2. The quantitative estimate of drug-likeness (QED) is 0.719. The molecule has 1 aliphatic heterocycles. The van der Waals surface area contributed by atoms with Crippen LogP contribution in [0, 0.1) is 0 Å². The second-order valence-electron chi connectivity index (χ2n) is 3.56. The lowest BCUT2D eigenvalue weighted by atomic mass is 10.2. The highest BCUT2D eigenvalue weighted by atomic mass is 16.7. The number of hydrogen-bond acceptors (Lipinski definition) is 5. The minimum Gasteiger partial charge on any atom is -0.507 e. The molecule has 1 aliphatic rings. The molecule has 1 aromatic rings. The van der Waals surface area contributed by atoms with Crippen molar-refractivity contribution < 1.29 is 14.6 Å². The summed E-state index contributed by atoms with van der Waals surface area (Å²) in [5.74, 6) is 1.50. The fraction of sp³-hybridized carbons (Fsp3) is 0.400. The standard InChI is InChI=1S/C10H14N2O3/c1-12(2)11-5-7-3-9-10(4-8(7)13)15-6-14-9/h3-4,11,13H,5-6H2,1-2H3. The maximum absolute atomic E-state index is 9.69. The Morgan fingerprint density at radius 1 is 1.33 bits per heavy atom. The molecule has 0 aromatic heterocycles. The Labute approximate surface area is 88.2 Å². The molecule has 15 heavy (non-hydrogen) atoms. The molecule has 1 aromatic carbocycles. The van der Waals surface area contributed by atoms with Crippen LogP contribution in [0.3, 0.4) is 0 Å². The molecule has 5 heteroatoms. The zero-order valence-corrected chi connectivity index (χ0v) is 8.78. The van der Waals surface area contributed by atoms with E-state index in [2.05, 4.69) is 5.43 Å². The van der Waals surface area contributed by atoms with Gasteiger partial charge in [0.1, 0.15) is 5.75 Å². The van der Waals surface area contributed by atoms with Crippen molar-refractivity contribution in [3.8, 4) is 17.2 Å². The Kier molecular flexibility index (Phi) is 2.66. The molecule has 0 amide bonds. The molecule has 2 rings (SSSR count). The first-order valence-electron chi connectivity index (χ1n) is 4.69. The number of hydrazine groups is 1. The molecular formula is C10H14N2O3. The number of benzene rings is 1. The van der Waals surface area contributed by atoms with E-state index in [-0.39, 0.29) is 12.5 Å². The summed E-state index contributed by atoms with van der Waals surface area (Å²) >= 11 is 0. The van der Waals surface area contributed by atoms with Gasteiger partial charge in [0.2, 0.25) is 6.79 Å². The smallest absolute Gasteiger partial charge is 0.231 e. The van der Waals surface area contributed by atoms with Gasteiger partial charge in [0.15, 0.2) is 11.5 Å². The van der Waals surface area contributed by atoms with Gasteiger partial charge in [0, 0.05) is 32.3 Å². The molecule has 0 fully saturated rings. The Morgan fingerprint density at radius 3 is 2.67 bits per heavy atom. The highest BCUT2D eigenvalue weighted by molar-refractivity contribution is 5.51. The third-order valence-corrected chi connectivity index (χ3v) is 2.16. The number of phenols is 1. The minimum absolute atomic E-state index is 0.216. The lowest BCUT2D eigenvalue weighted by Crippen LogP contribution is -2.29. The van der Waals surface area contributed by atoms with Crippen molar-refractivity contribution in [2.24, 2.45) is 0 Å². The van der Waals surface area contributed by atoms with Crippen LogP contribution >= 0.6 is 0 Å². The van der Waals surface area contributed by atoms with Gasteiger partial charge in [-0.3, -0.25) is 10.4 Å². The molecule has 5 nitrogen and oxygen atoms in total. The van der Waals surface area contributed by atoms with E-state index in [4.69, 9.17) is 9.47 Å². The maximum Gasteiger partial charge on any atom is 0.231 e. The van der Waals surface area contributed by atoms with Crippen molar-refractivity contribution in [2.75, 3.05) is 20.9 Å². The van der Waals surface area contributed by atoms with Crippen LogP contribution in [0.5, 0.6) is 17.2 Å². The van der Waals surface area contributed by atoms with Crippen LogP contribution in [0.1, 0.15) is 5.56 Å². The number of phenolic OH excluding ortho intramolecular Hbond substituents is 1.